The van der Waals surface area contributed by atoms with Crippen molar-refractivity contribution in [3.05, 3.63) is 64.1 Å². The quantitative estimate of drug-likeness (QED) is 0.851. The second kappa shape index (κ2) is 7.00. The standard InChI is InChI=1S/C16H16BrF2NO/c1-2-15(20)16(10-4-3-5-11(18)8-10)21-12-6-7-14(19)13(17)9-12/h3-9,15-16H,2,20H2,1H3. The van der Waals surface area contributed by atoms with Crippen LogP contribution in [0.5, 0.6) is 5.75 Å². The second-order valence-corrected chi connectivity index (χ2v) is 5.60. The Kier molecular flexibility index (Phi) is 5.31. The Balaban J connectivity index is 2.30. The summed E-state index contributed by atoms with van der Waals surface area (Å²) in [5.41, 5.74) is 6.74. The molecule has 2 N–H and O–H groups in total. The molecule has 0 aliphatic heterocycles. The van der Waals surface area contributed by atoms with Gasteiger partial charge in [0.05, 0.1) is 4.47 Å². The lowest BCUT2D eigenvalue weighted by atomic mass is 10.0. The molecule has 112 valence electrons. The van der Waals surface area contributed by atoms with Crippen LogP contribution in [0.1, 0.15) is 25.0 Å². The maximum atomic E-state index is 13.4. The Bertz CT molecular complexity index is 621. The number of nitrogens with two attached hydrogens (primary N) is 1. The third kappa shape index (κ3) is 4.02. The summed E-state index contributed by atoms with van der Waals surface area (Å²) in [5.74, 6) is -0.240. The first kappa shape index (κ1) is 15.9. The van der Waals surface area contributed by atoms with Gasteiger partial charge in [-0.15, -0.1) is 0 Å². The van der Waals surface area contributed by atoms with Crippen molar-refractivity contribution in [3.63, 3.8) is 0 Å². The highest BCUT2D eigenvalue weighted by Crippen LogP contribution is 2.28. The summed E-state index contributed by atoms with van der Waals surface area (Å²) in [6, 6.07) is 10.2. The van der Waals surface area contributed by atoms with Crippen LogP contribution in [-0.4, -0.2) is 6.04 Å². The number of hydrogen-bond acceptors (Lipinski definition) is 2. The van der Waals surface area contributed by atoms with E-state index in [1.165, 1.54) is 30.3 Å². The highest BCUT2D eigenvalue weighted by atomic mass is 79.9. The van der Waals surface area contributed by atoms with Gasteiger partial charge in [0.2, 0.25) is 0 Å². The van der Waals surface area contributed by atoms with Crippen LogP contribution >= 0.6 is 15.9 Å². The summed E-state index contributed by atoms with van der Waals surface area (Å²) in [5, 5.41) is 0. The van der Waals surface area contributed by atoms with E-state index in [1.54, 1.807) is 12.1 Å². The predicted molar refractivity (Wildman–Crippen MR) is 82.1 cm³/mol. The zero-order chi connectivity index (χ0) is 15.4. The summed E-state index contributed by atoms with van der Waals surface area (Å²) in [6.07, 6.45) is 0.173. The van der Waals surface area contributed by atoms with Crippen molar-refractivity contribution < 1.29 is 13.5 Å². The summed E-state index contributed by atoms with van der Waals surface area (Å²) in [7, 11) is 0. The molecule has 0 saturated carbocycles. The largest absolute Gasteiger partial charge is 0.484 e. The smallest absolute Gasteiger partial charge is 0.139 e. The lowest BCUT2D eigenvalue weighted by molar-refractivity contribution is 0.170. The van der Waals surface area contributed by atoms with Gasteiger partial charge >= 0.3 is 0 Å². The van der Waals surface area contributed by atoms with Crippen molar-refractivity contribution >= 4 is 15.9 Å². The molecule has 2 aromatic carbocycles. The van der Waals surface area contributed by atoms with Crippen LogP contribution in [0.15, 0.2) is 46.9 Å². The zero-order valence-corrected chi connectivity index (χ0v) is 13.1. The lowest BCUT2D eigenvalue weighted by Gasteiger charge is -2.25. The van der Waals surface area contributed by atoms with E-state index < -0.39 is 6.10 Å². The molecule has 5 heteroatoms. The van der Waals surface area contributed by atoms with E-state index in [1.807, 2.05) is 6.92 Å². The van der Waals surface area contributed by atoms with E-state index in [-0.39, 0.29) is 17.7 Å². The molecule has 0 bridgehead atoms. The number of rotatable bonds is 5. The molecule has 0 radical (unpaired) electrons. The molecule has 0 aliphatic rings. The first-order chi connectivity index (χ1) is 10.0. The molecule has 0 saturated heterocycles. The lowest BCUT2D eigenvalue weighted by Crippen LogP contribution is -2.31. The fourth-order valence-corrected chi connectivity index (χ4v) is 2.35. The normalized spacial score (nSPS) is 13.8. The predicted octanol–water partition coefficient (Wildman–Crippen LogP) is 4.58. The Hall–Kier alpha value is -1.46. The van der Waals surface area contributed by atoms with E-state index in [4.69, 9.17) is 10.5 Å². The molecule has 0 spiro atoms. The molecule has 2 rings (SSSR count). The van der Waals surface area contributed by atoms with Crippen LogP contribution in [0, 0.1) is 11.6 Å². The third-order valence-electron chi connectivity index (χ3n) is 3.19. The molecule has 2 nitrogen and oxygen atoms in total. The van der Waals surface area contributed by atoms with E-state index >= 15 is 0 Å². The van der Waals surface area contributed by atoms with Gasteiger partial charge in [-0.3, -0.25) is 0 Å². The summed E-state index contributed by atoms with van der Waals surface area (Å²) in [6.45, 7) is 1.93. The molecule has 0 heterocycles. The maximum Gasteiger partial charge on any atom is 0.139 e. The Morgan fingerprint density at radius 1 is 1.19 bits per heavy atom. The molecule has 2 unspecified atom stereocenters. The van der Waals surface area contributed by atoms with Gasteiger partial charge in [0, 0.05) is 6.04 Å². The van der Waals surface area contributed by atoms with Gasteiger partial charge in [-0.2, -0.15) is 0 Å². The Morgan fingerprint density at radius 3 is 2.57 bits per heavy atom. The van der Waals surface area contributed by atoms with E-state index in [9.17, 15) is 8.78 Å². The highest BCUT2D eigenvalue weighted by molar-refractivity contribution is 9.10. The molecule has 2 atom stereocenters. The van der Waals surface area contributed by atoms with Crippen LogP contribution in [0.2, 0.25) is 0 Å². The number of ether oxygens (including phenoxy) is 1. The van der Waals surface area contributed by atoms with Crippen LogP contribution in [0.4, 0.5) is 8.78 Å². The molecular weight excluding hydrogens is 340 g/mol. The average Bonchev–Trinajstić information content (AvgIpc) is 2.47. The Morgan fingerprint density at radius 2 is 1.95 bits per heavy atom. The average molecular weight is 356 g/mol. The molecule has 2 aromatic rings. The molecule has 0 aromatic heterocycles. The van der Waals surface area contributed by atoms with E-state index in [0.29, 0.717) is 22.2 Å². The number of hydrogen-bond donors (Lipinski definition) is 1. The van der Waals surface area contributed by atoms with Gasteiger partial charge in [0.25, 0.3) is 0 Å². The molecular formula is C16H16BrF2NO. The molecule has 0 aliphatic carbocycles. The Labute approximate surface area is 131 Å². The van der Waals surface area contributed by atoms with Gasteiger partial charge < -0.3 is 10.5 Å². The van der Waals surface area contributed by atoms with Crippen LogP contribution in [-0.2, 0) is 0 Å². The van der Waals surface area contributed by atoms with Crippen LogP contribution < -0.4 is 10.5 Å². The van der Waals surface area contributed by atoms with Crippen molar-refractivity contribution in [2.75, 3.05) is 0 Å². The zero-order valence-electron chi connectivity index (χ0n) is 11.5. The van der Waals surface area contributed by atoms with Crippen molar-refractivity contribution in [3.8, 4) is 5.75 Å². The van der Waals surface area contributed by atoms with Gasteiger partial charge in [-0.25, -0.2) is 8.78 Å². The SMILES string of the molecule is CCC(N)C(Oc1ccc(F)c(Br)c1)c1cccc(F)c1. The third-order valence-corrected chi connectivity index (χ3v) is 3.80. The molecule has 0 fully saturated rings. The van der Waals surface area contributed by atoms with Crippen molar-refractivity contribution in [2.45, 2.75) is 25.5 Å². The summed E-state index contributed by atoms with van der Waals surface area (Å²) >= 11 is 3.11. The number of benzene rings is 2. The minimum atomic E-state index is -0.497. The topological polar surface area (TPSA) is 35.2 Å². The highest BCUT2D eigenvalue weighted by Gasteiger charge is 2.21. The maximum absolute atomic E-state index is 13.4. The van der Waals surface area contributed by atoms with Gasteiger partial charge in [0.1, 0.15) is 23.5 Å². The van der Waals surface area contributed by atoms with Gasteiger partial charge in [-0.05, 0) is 58.2 Å². The van der Waals surface area contributed by atoms with Crippen molar-refractivity contribution in [2.24, 2.45) is 5.73 Å². The second-order valence-electron chi connectivity index (χ2n) is 4.74. The molecule has 21 heavy (non-hydrogen) atoms. The van der Waals surface area contributed by atoms with Gasteiger partial charge in [-0.1, -0.05) is 19.1 Å². The van der Waals surface area contributed by atoms with Crippen molar-refractivity contribution in [1.29, 1.82) is 0 Å². The van der Waals surface area contributed by atoms with E-state index in [2.05, 4.69) is 15.9 Å². The van der Waals surface area contributed by atoms with E-state index in [0.717, 1.165) is 0 Å². The first-order valence-electron chi connectivity index (χ1n) is 6.64. The summed E-state index contributed by atoms with van der Waals surface area (Å²) in [4.78, 5) is 0. The van der Waals surface area contributed by atoms with Crippen LogP contribution in [0.3, 0.4) is 0 Å². The van der Waals surface area contributed by atoms with Crippen LogP contribution in [0.25, 0.3) is 0 Å². The molecule has 0 amide bonds. The first-order valence-corrected chi connectivity index (χ1v) is 7.43. The monoisotopic (exact) mass is 355 g/mol. The minimum Gasteiger partial charge on any atom is -0.484 e. The summed E-state index contributed by atoms with van der Waals surface area (Å²) < 4.78 is 32.8. The minimum absolute atomic E-state index is 0.296. The van der Waals surface area contributed by atoms with Crippen molar-refractivity contribution in [1.82, 2.24) is 0 Å². The number of halogens is 3. The fraction of sp³-hybridized carbons (Fsp3) is 0.250. The van der Waals surface area contributed by atoms with Gasteiger partial charge in [0.15, 0.2) is 0 Å². The fourth-order valence-electron chi connectivity index (χ4n) is 2.00.